The lowest BCUT2D eigenvalue weighted by atomic mass is 9.87. The molecule has 2 atom stereocenters. The highest BCUT2D eigenvalue weighted by molar-refractivity contribution is 7.91. The van der Waals surface area contributed by atoms with Gasteiger partial charge in [-0.1, -0.05) is 17.7 Å². The molecular formula is C16H24O3S. The van der Waals surface area contributed by atoms with Gasteiger partial charge in [0.2, 0.25) is 0 Å². The second-order valence-corrected chi connectivity index (χ2v) is 8.60. The minimum absolute atomic E-state index is 0.433. The highest BCUT2D eigenvalue weighted by Crippen LogP contribution is 2.38. The molecule has 0 radical (unpaired) electrons. The average Bonchev–Trinajstić information content (AvgIpc) is 2.66. The van der Waals surface area contributed by atoms with Crippen LogP contribution in [-0.2, 0) is 16.3 Å². The maximum Gasteiger partial charge on any atom is 0.153 e. The van der Waals surface area contributed by atoms with Crippen LogP contribution in [0.5, 0.6) is 0 Å². The Hall–Kier alpha value is -0.870. The first-order valence-electron chi connectivity index (χ1n) is 7.11. The van der Waals surface area contributed by atoms with E-state index >= 15 is 0 Å². The molecule has 4 heteroatoms. The fraction of sp³-hybridized carbons (Fsp3) is 0.625. The topological polar surface area (TPSA) is 54.4 Å². The van der Waals surface area contributed by atoms with Gasteiger partial charge in [-0.3, -0.25) is 0 Å². The van der Waals surface area contributed by atoms with Crippen molar-refractivity contribution in [3.63, 3.8) is 0 Å². The molecule has 112 valence electrons. The molecule has 1 fully saturated rings. The van der Waals surface area contributed by atoms with Crippen molar-refractivity contribution in [2.45, 2.75) is 57.3 Å². The van der Waals surface area contributed by atoms with Gasteiger partial charge in [0.05, 0.1) is 10.9 Å². The van der Waals surface area contributed by atoms with Crippen molar-refractivity contribution in [3.05, 3.63) is 34.4 Å². The summed E-state index contributed by atoms with van der Waals surface area (Å²) < 4.78 is 23.8. The van der Waals surface area contributed by atoms with Crippen LogP contribution < -0.4 is 0 Å². The number of aryl methyl sites for hydroxylation is 3. The van der Waals surface area contributed by atoms with Crippen molar-refractivity contribution in [3.8, 4) is 0 Å². The molecule has 1 N–H and O–H groups in total. The molecule has 1 aromatic rings. The normalized spacial score (nSPS) is 26.9. The molecule has 1 aromatic carbocycles. The van der Waals surface area contributed by atoms with Crippen molar-refractivity contribution >= 4 is 9.84 Å². The predicted octanol–water partition coefficient (Wildman–Crippen LogP) is 2.48. The summed E-state index contributed by atoms with van der Waals surface area (Å²) in [5, 5.41) is 10.2. The molecule has 0 aromatic heterocycles. The van der Waals surface area contributed by atoms with Gasteiger partial charge >= 0.3 is 0 Å². The second-order valence-electron chi connectivity index (χ2n) is 6.37. The lowest BCUT2D eigenvalue weighted by molar-refractivity contribution is 0.0509. The molecule has 0 heterocycles. The summed E-state index contributed by atoms with van der Waals surface area (Å²) in [6.07, 6.45) is 3.58. The average molecular weight is 296 g/mol. The van der Waals surface area contributed by atoms with Gasteiger partial charge in [-0.05, 0) is 56.7 Å². The maximum atomic E-state index is 11.9. The quantitative estimate of drug-likeness (QED) is 0.932. The van der Waals surface area contributed by atoms with Crippen LogP contribution in [0, 0.1) is 20.8 Å². The molecule has 0 aliphatic heterocycles. The number of rotatable bonds is 3. The molecule has 2 rings (SSSR count). The van der Waals surface area contributed by atoms with Crippen LogP contribution in [0.15, 0.2) is 12.1 Å². The summed E-state index contributed by atoms with van der Waals surface area (Å²) in [7, 11) is -3.21. The van der Waals surface area contributed by atoms with E-state index in [1.165, 1.54) is 11.8 Å². The van der Waals surface area contributed by atoms with Gasteiger partial charge < -0.3 is 5.11 Å². The van der Waals surface area contributed by atoms with Crippen molar-refractivity contribution in [1.29, 1.82) is 0 Å². The fourth-order valence-corrected chi connectivity index (χ4v) is 5.23. The van der Waals surface area contributed by atoms with Crippen LogP contribution in [0.2, 0.25) is 0 Å². The first-order chi connectivity index (χ1) is 9.13. The Morgan fingerprint density at radius 3 is 2.30 bits per heavy atom. The molecule has 1 aliphatic carbocycles. The SMILES string of the molecule is Cc1cc(C)c(CC2(O)CCCC2S(C)(=O)=O)c(C)c1. The Labute approximate surface area is 121 Å². The molecule has 0 spiro atoms. The number of benzene rings is 1. The maximum absolute atomic E-state index is 11.9. The Kier molecular flexibility index (Phi) is 4.00. The van der Waals surface area contributed by atoms with Gasteiger partial charge in [0.25, 0.3) is 0 Å². The standard InChI is InChI=1S/C16H24O3S/c1-11-8-12(2)14(13(3)9-11)10-16(17)7-5-6-15(16)20(4,18)19/h8-9,15,17H,5-7,10H2,1-4H3. The molecule has 0 bridgehead atoms. The van der Waals surface area contributed by atoms with Crippen molar-refractivity contribution in [1.82, 2.24) is 0 Å². The molecule has 1 saturated carbocycles. The molecule has 1 aliphatic rings. The summed E-state index contributed by atoms with van der Waals surface area (Å²) >= 11 is 0. The van der Waals surface area contributed by atoms with Crippen molar-refractivity contribution in [2.75, 3.05) is 6.26 Å². The number of hydrogen-bond donors (Lipinski definition) is 1. The van der Waals surface area contributed by atoms with Crippen molar-refractivity contribution in [2.24, 2.45) is 0 Å². The van der Waals surface area contributed by atoms with E-state index in [4.69, 9.17) is 0 Å². The molecular weight excluding hydrogens is 272 g/mol. The van der Waals surface area contributed by atoms with Gasteiger partial charge in [0, 0.05) is 12.7 Å². The Morgan fingerprint density at radius 1 is 1.25 bits per heavy atom. The van der Waals surface area contributed by atoms with E-state index in [9.17, 15) is 13.5 Å². The van der Waals surface area contributed by atoms with E-state index in [-0.39, 0.29) is 0 Å². The Balaban J connectivity index is 2.38. The van der Waals surface area contributed by atoms with Gasteiger partial charge in [0.15, 0.2) is 9.84 Å². The van der Waals surface area contributed by atoms with E-state index in [1.807, 2.05) is 20.8 Å². The molecule has 0 saturated heterocycles. The summed E-state index contributed by atoms with van der Waals surface area (Å²) in [4.78, 5) is 0. The van der Waals surface area contributed by atoms with Crippen LogP contribution in [-0.4, -0.2) is 30.6 Å². The van der Waals surface area contributed by atoms with E-state index < -0.39 is 20.7 Å². The smallest absolute Gasteiger partial charge is 0.153 e. The van der Waals surface area contributed by atoms with Gasteiger partial charge in [-0.15, -0.1) is 0 Å². The lowest BCUT2D eigenvalue weighted by Gasteiger charge is -2.30. The number of aliphatic hydroxyl groups is 1. The highest BCUT2D eigenvalue weighted by Gasteiger charge is 2.47. The Morgan fingerprint density at radius 2 is 1.80 bits per heavy atom. The third kappa shape index (κ3) is 2.91. The Bertz CT molecular complexity index is 596. The van der Waals surface area contributed by atoms with E-state index in [0.29, 0.717) is 19.3 Å². The third-order valence-electron chi connectivity index (χ3n) is 4.52. The molecule has 3 nitrogen and oxygen atoms in total. The minimum atomic E-state index is -3.21. The first-order valence-corrected chi connectivity index (χ1v) is 9.07. The van der Waals surface area contributed by atoms with E-state index in [2.05, 4.69) is 12.1 Å². The van der Waals surface area contributed by atoms with Crippen LogP contribution in [0.25, 0.3) is 0 Å². The summed E-state index contributed by atoms with van der Waals surface area (Å²) in [6, 6.07) is 4.19. The van der Waals surface area contributed by atoms with E-state index in [1.54, 1.807) is 0 Å². The minimum Gasteiger partial charge on any atom is -0.388 e. The first kappa shape index (κ1) is 15.5. The van der Waals surface area contributed by atoms with Crippen LogP contribution in [0.3, 0.4) is 0 Å². The van der Waals surface area contributed by atoms with Gasteiger partial charge in [-0.2, -0.15) is 0 Å². The third-order valence-corrected chi connectivity index (χ3v) is 6.22. The zero-order valence-corrected chi connectivity index (χ0v) is 13.5. The van der Waals surface area contributed by atoms with Crippen LogP contribution in [0.4, 0.5) is 0 Å². The van der Waals surface area contributed by atoms with Crippen LogP contribution >= 0.6 is 0 Å². The summed E-state index contributed by atoms with van der Waals surface area (Å²) in [5.74, 6) is 0. The molecule has 0 amide bonds. The molecule has 20 heavy (non-hydrogen) atoms. The second kappa shape index (κ2) is 5.15. The van der Waals surface area contributed by atoms with Gasteiger partial charge in [0.1, 0.15) is 0 Å². The van der Waals surface area contributed by atoms with Crippen molar-refractivity contribution < 1.29 is 13.5 Å². The number of hydrogen-bond acceptors (Lipinski definition) is 3. The largest absolute Gasteiger partial charge is 0.388 e. The predicted molar refractivity (Wildman–Crippen MR) is 81.8 cm³/mol. The van der Waals surface area contributed by atoms with E-state index in [0.717, 1.165) is 23.1 Å². The summed E-state index contributed by atoms with van der Waals surface area (Å²) in [5.41, 5.74) is 3.44. The highest BCUT2D eigenvalue weighted by atomic mass is 32.2. The molecule has 2 unspecified atom stereocenters. The number of sulfone groups is 1. The van der Waals surface area contributed by atoms with Gasteiger partial charge in [-0.25, -0.2) is 8.42 Å². The fourth-order valence-electron chi connectivity index (χ4n) is 3.63. The summed E-state index contributed by atoms with van der Waals surface area (Å²) in [6.45, 7) is 6.11. The zero-order chi connectivity index (χ0) is 15.1. The zero-order valence-electron chi connectivity index (χ0n) is 12.7. The van der Waals surface area contributed by atoms with Crippen LogP contribution in [0.1, 0.15) is 41.5 Å². The lowest BCUT2D eigenvalue weighted by Crippen LogP contribution is -2.44. The monoisotopic (exact) mass is 296 g/mol.